The molecule has 0 aliphatic carbocycles. The summed E-state index contributed by atoms with van der Waals surface area (Å²) in [5.41, 5.74) is 7.73. The zero-order valence-electron chi connectivity index (χ0n) is 11.6. The van der Waals surface area contributed by atoms with E-state index in [-0.39, 0.29) is 5.78 Å². The van der Waals surface area contributed by atoms with Gasteiger partial charge >= 0.3 is 0 Å². The molecule has 0 aliphatic heterocycles. The van der Waals surface area contributed by atoms with Gasteiger partial charge in [0, 0.05) is 5.56 Å². The lowest BCUT2D eigenvalue weighted by Gasteiger charge is -2.14. The molecule has 0 heterocycles. The number of hydrogen-bond donors (Lipinski definition) is 1. The van der Waals surface area contributed by atoms with Crippen LogP contribution in [0.25, 0.3) is 0 Å². The number of carbonyl (C=O) groups is 1. The second-order valence-corrected chi connectivity index (χ2v) is 4.39. The van der Waals surface area contributed by atoms with Crippen molar-refractivity contribution < 1.29 is 14.3 Å². The summed E-state index contributed by atoms with van der Waals surface area (Å²) in [5, 5.41) is 0. The fourth-order valence-electron chi connectivity index (χ4n) is 1.95. The molecule has 104 valence electrons. The fraction of sp³-hybridized carbons (Fsp3) is 0.188. The predicted molar refractivity (Wildman–Crippen MR) is 78.2 cm³/mol. The minimum Gasteiger partial charge on any atom is -0.491 e. The second kappa shape index (κ2) is 6.10. The molecule has 2 aromatic rings. The summed E-state index contributed by atoms with van der Waals surface area (Å²) < 4.78 is 11.0. The van der Waals surface area contributed by atoms with Gasteiger partial charge < -0.3 is 15.2 Å². The number of nitrogens with two attached hydrogens (primary N) is 1. The number of nitrogen functional groups attached to an aromatic ring is 1. The first-order valence-corrected chi connectivity index (χ1v) is 6.27. The van der Waals surface area contributed by atoms with E-state index in [0.29, 0.717) is 29.4 Å². The van der Waals surface area contributed by atoms with E-state index < -0.39 is 0 Å². The van der Waals surface area contributed by atoms with Crippen LogP contribution in [0.3, 0.4) is 0 Å². The minimum absolute atomic E-state index is 0.101. The molecule has 0 aliphatic rings. The van der Waals surface area contributed by atoms with Crippen molar-refractivity contribution in [2.24, 2.45) is 0 Å². The molecule has 4 heteroatoms. The summed E-state index contributed by atoms with van der Waals surface area (Å²) in [6, 6.07) is 13.1. The maximum absolute atomic E-state index is 11.4. The molecule has 4 nitrogen and oxygen atoms in total. The first kappa shape index (κ1) is 13.9. The number of benzene rings is 2. The smallest absolute Gasteiger partial charge is 0.184 e. The lowest BCUT2D eigenvalue weighted by molar-refractivity contribution is 0.101. The average Bonchev–Trinajstić information content (AvgIpc) is 2.45. The normalized spacial score (nSPS) is 10.1. The molecular weight excluding hydrogens is 254 g/mol. The van der Waals surface area contributed by atoms with Crippen LogP contribution in [-0.2, 0) is 6.61 Å². The quantitative estimate of drug-likeness (QED) is 0.670. The molecule has 2 rings (SSSR count). The maximum atomic E-state index is 11.4. The van der Waals surface area contributed by atoms with Gasteiger partial charge in [-0.2, -0.15) is 0 Å². The van der Waals surface area contributed by atoms with Gasteiger partial charge in [0.05, 0.1) is 12.8 Å². The molecule has 2 aromatic carbocycles. The van der Waals surface area contributed by atoms with Gasteiger partial charge in [0.25, 0.3) is 0 Å². The van der Waals surface area contributed by atoms with Crippen LogP contribution >= 0.6 is 0 Å². The summed E-state index contributed by atoms with van der Waals surface area (Å²) in [4.78, 5) is 11.4. The molecule has 0 saturated carbocycles. The predicted octanol–water partition coefficient (Wildman–Crippen LogP) is 3.06. The first-order valence-electron chi connectivity index (χ1n) is 6.27. The number of methoxy groups -OCH3 is 1. The Labute approximate surface area is 118 Å². The van der Waals surface area contributed by atoms with Crippen molar-refractivity contribution in [2.45, 2.75) is 13.5 Å². The third kappa shape index (κ3) is 2.91. The largest absolute Gasteiger partial charge is 0.491 e. The van der Waals surface area contributed by atoms with Crippen LogP contribution in [0.15, 0.2) is 42.5 Å². The van der Waals surface area contributed by atoms with Gasteiger partial charge in [-0.25, -0.2) is 0 Å². The van der Waals surface area contributed by atoms with Crippen LogP contribution in [0.4, 0.5) is 5.69 Å². The third-order valence-electron chi connectivity index (χ3n) is 2.98. The molecule has 0 unspecified atom stereocenters. The monoisotopic (exact) mass is 271 g/mol. The Morgan fingerprint density at radius 1 is 1.15 bits per heavy atom. The van der Waals surface area contributed by atoms with Crippen LogP contribution in [0.5, 0.6) is 11.5 Å². The Kier molecular flexibility index (Phi) is 4.25. The number of Topliss-reactive ketones (excluding diaryl/α,β-unsaturated/α-hetero) is 1. The molecule has 0 aromatic heterocycles. The van der Waals surface area contributed by atoms with Crippen LogP contribution in [0.2, 0.25) is 0 Å². The molecule has 0 saturated heterocycles. The highest BCUT2D eigenvalue weighted by Crippen LogP contribution is 2.36. The van der Waals surface area contributed by atoms with Crippen LogP contribution in [0, 0.1) is 0 Å². The molecule has 20 heavy (non-hydrogen) atoms. The number of carbonyl (C=O) groups excluding carboxylic acids is 1. The molecule has 0 fully saturated rings. The van der Waals surface area contributed by atoms with Gasteiger partial charge in [0.1, 0.15) is 6.61 Å². The van der Waals surface area contributed by atoms with Crippen molar-refractivity contribution in [1.29, 1.82) is 0 Å². The Morgan fingerprint density at radius 2 is 1.85 bits per heavy atom. The van der Waals surface area contributed by atoms with Gasteiger partial charge in [0.15, 0.2) is 17.3 Å². The number of ketones is 1. The molecule has 0 spiro atoms. The Morgan fingerprint density at radius 3 is 2.45 bits per heavy atom. The van der Waals surface area contributed by atoms with Crippen molar-refractivity contribution in [3.8, 4) is 11.5 Å². The van der Waals surface area contributed by atoms with Gasteiger partial charge in [0.2, 0.25) is 0 Å². The SMILES string of the molecule is COc1c(OCc2ccccc2)ccc(C(C)=O)c1N. The van der Waals surface area contributed by atoms with Crippen molar-refractivity contribution in [1.82, 2.24) is 0 Å². The molecular formula is C16H17NO3. The molecule has 0 radical (unpaired) electrons. The first-order chi connectivity index (χ1) is 9.63. The highest BCUT2D eigenvalue weighted by molar-refractivity contribution is 6.00. The molecule has 0 atom stereocenters. The summed E-state index contributed by atoms with van der Waals surface area (Å²) in [7, 11) is 1.50. The van der Waals surface area contributed by atoms with Crippen LogP contribution < -0.4 is 15.2 Å². The average molecular weight is 271 g/mol. The number of hydrogen-bond acceptors (Lipinski definition) is 4. The molecule has 0 bridgehead atoms. The van der Waals surface area contributed by atoms with E-state index in [1.54, 1.807) is 12.1 Å². The van der Waals surface area contributed by atoms with E-state index in [1.165, 1.54) is 14.0 Å². The van der Waals surface area contributed by atoms with Crippen molar-refractivity contribution >= 4 is 11.5 Å². The number of anilines is 1. The fourth-order valence-corrected chi connectivity index (χ4v) is 1.95. The van der Waals surface area contributed by atoms with Crippen molar-refractivity contribution in [2.75, 3.05) is 12.8 Å². The third-order valence-corrected chi connectivity index (χ3v) is 2.98. The summed E-state index contributed by atoms with van der Waals surface area (Å²) in [6.07, 6.45) is 0. The lowest BCUT2D eigenvalue weighted by atomic mass is 10.1. The van der Waals surface area contributed by atoms with Gasteiger partial charge in [-0.3, -0.25) is 4.79 Å². The topological polar surface area (TPSA) is 61.5 Å². The summed E-state index contributed by atoms with van der Waals surface area (Å²) >= 11 is 0. The standard InChI is InChI=1S/C16H17NO3/c1-11(18)13-8-9-14(16(19-2)15(13)17)20-10-12-6-4-3-5-7-12/h3-9H,10,17H2,1-2H3. The summed E-state index contributed by atoms with van der Waals surface area (Å²) in [6.45, 7) is 1.88. The number of rotatable bonds is 5. The van der Waals surface area contributed by atoms with E-state index in [2.05, 4.69) is 0 Å². The van der Waals surface area contributed by atoms with E-state index in [4.69, 9.17) is 15.2 Å². The molecule has 0 amide bonds. The van der Waals surface area contributed by atoms with Crippen LogP contribution in [0.1, 0.15) is 22.8 Å². The zero-order chi connectivity index (χ0) is 14.5. The highest BCUT2D eigenvalue weighted by atomic mass is 16.5. The summed E-state index contributed by atoms with van der Waals surface area (Å²) in [5.74, 6) is 0.822. The van der Waals surface area contributed by atoms with E-state index in [9.17, 15) is 4.79 Å². The Hall–Kier alpha value is -2.49. The van der Waals surface area contributed by atoms with Gasteiger partial charge in [-0.15, -0.1) is 0 Å². The maximum Gasteiger partial charge on any atom is 0.184 e. The van der Waals surface area contributed by atoms with E-state index in [1.807, 2.05) is 30.3 Å². The highest BCUT2D eigenvalue weighted by Gasteiger charge is 2.15. The van der Waals surface area contributed by atoms with Crippen LogP contribution in [-0.4, -0.2) is 12.9 Å². The van der Waals surface area contributed by atoms with Gasteiger partial charge in [-0.05, 0) is 24.6 Å². The van der Waals surface area contributed by atoms with Crippen molar-refractivity contribution in [3.63, 3.8) is 0 Å². The zero-order valence-corrected chi connectivity index (χ0v) is 11.6. The van der Waals surface area contributed by atoms with Crippen molar-refractivity contribution in [3.05, 3.63) is 53.6 Å². The second-order valence-electron chi connectivity index (χ2n) is 4.39. The van der Waals surface area contributed by atoms with Gasteiger partial charge in [-0.1, -0.05) is 30.3 Å². The minimum atomic E-state index is -0.101. The van der Waals surface area contributed by atoms with E-state index >= 15 is 0 Å². The Balaban J connectivity index is 2.24. The lowest BCUT2D eigenvalue weighted by Crippen LogP contribution is -2.05. The number of ether oxygens (including phenoxy) is 2. The Bertz CT molecular complexity index is 609. The van der Waals surface area contributed by atoms with E-state index in [0.717, 1.165) is 5.56 Å². The molecule has 2 N–H and O–H groups in total.